The maximum atomic E-state index is 14.6. The van der Waals surface area contributed by atoms with E-state index in [0.717, 1.165) is 35.7 Å². The zero-order chi connectivity index (χ0) is 33.0. The first-order valence-electron chi connectivity index (χ1n) is 18.1. The summed E-state index contributed by atoms with van der Waals surface area (Å²) in [5.74, 6) is 1.50. The molecular formula is C37H53N5O5. The third-order valence-corrected chi connectivity index (χ3v) is 11.9. The van der Waals surface area contributed by atoms with Crippen LogP contribution in [0, 0.1) is 11.8 Å². The minimum atomic E-state index is -0.858. The smallest absolute Gasteiger partial charge is 0.410 e. The lowest BCUT2D eigenvalue weighted by Gasteiger charge is -2.54. The summed E-state index contributed by atoms with van der Waals surface area (Å²) in [5.41, 5.74) is 0.737. The summed E-state index contributed by atoms with van der Waals surface area (Å²) in [6, 6.07) is 8.22. The SMILES string of the molecule is COC(=O)[C@@H]1[C@H](N(C)C(=O)OC(C)(C)C)CN1c1nc2ccccc2n(C2C[C@H]3CCC[C@@H](C2)N3C2CC3CCCCC(C3)C2)c1=O. The predicted molar refractivity (Wildman–Crippen MR) is 182 cm³/mol. The molecular weight excluding hydrogens is 594 g/mol. The van der Waals surface area contributed by atoms with E-state index in [2.05, 4.69) is 4.90 Å². The first kappa shape index (κ1) is 32.4. The highest BCUT2D eigenvalue weighted by Crippen LogP contribution is 2.47. The van der Waals surface area contributed by atoms with Crippen LogP contribution in [0.4, 0.5) is 10.6 Å². The number of piperidine rings is 2. The highest BCUT2D eigenvalue weighted by molar-refractivity contribution is 5.85. The molecule has 10 heteroatoms. The van der Waals surface area contributed by atoms with Gasteiger partial charge in [0, 0.05) is 37.8 Å². The van der Waals surface area contributed by atoms with Crippen LogP contribution in [0.1, 0.15) is 104 Å². The number of para-hydroxylation sites is 2. The highest BCUT2D eigenvalue weighted by atomic mass is 16.6. The Kier molecular flexibility index (Phi) is 8.77. The molecule has 0 spiro atoms. The van der Waals surface area contributed by atoms with Crippen molar-refractivity contribution in [3.8, 4) is 0 Å². The molecule has 7 atom stereocenters. The van der Waals surface area contributed by atoms with Gasteiger partial charge in [-0.25, -0.2) is 14.6 Å². The second kappa shape index (κ2) is 12.7. The number of nitrogens with zero attached hydrogens (tertiary/aromatic N) is 5. The van der Waals surface area contributed by atoms with Crippen molar-refractivity contribution in [3.05, 3.63) is 34.6 Å². The Balaban J connectivity index is 1.19. The standard InChI is InChI=1S/C37H53N5O5/c1-37(2,3)47-36(45)39(4)31-22-40(32(31)35(44)46-5)33-34(43)42(30-16-9-8-15-29(30)38-33)28-20-25-13-10-14-26(21-28)41(25)27-18-23-11-6-7-12-24(17-23)19-27/h8-9,15-16,23-28,31-32H,6-7,10-14,17-22H2,1-5H3/t23?,24?,25-,26+,27?,28?,31-,32+/m1/s1. The van der Waals surface area contributed by atoms with E-state index in [0.29, 0.717) is 18.1 Å². The molecule has 256 valence electrons. The van der Waals surface area contributed by atoms with Gasteiger partial charge in [-0.2, -0.15) is 0 Å². The van der Waals surface area contributed by atoms with Gasteiger partial charge in [0.25, 0.3) is 5.56 Å². The largest absolute Gasteiger partial charge is 0.467 e. The lowest BCUT2D eigenvalue weighted by atomic mass is 9.73. The van der Waals surface area contributed by atoms with Gasteiger partial charge >= 0.3 is 12.1 Å². The van der Waals surface area contributed by atoms with Crippen molar-refractivity contribution in [3.63, 3.8) is 0 Å². The molecule has 47 heavy (non-hydrogen) atoms. The first-order chi connectivity index (χ1) is 22.5. The summed E-state index contributed by atoms with van der Waals surface area (Å²) in [6.45, 7) is 5.71. The highest BCUT2D eigenvalue weighted by Gasteiger charge is 2.51. The Morgan fingerprint density at radius 1 is 0.872 bits per heavy atom. The van der Waals surface area contributed by atoms with Crippen LogP contribution in [0.25, 0.3) is 11.0 Å². The number of hydrogen-bond acceptors (Lipinski definition) is 8. The van der Waals surface area contributed by atoms with E-state index in [9.17, 15) is 14.4 Å². The number of esters is 1. The van der Waals surface area contributed by atoms with Gasteiger partial charge in [0.15, 0.2) is 11.9 Å². The van der Waals surface area contributed by atoms with Gasteiger partial charge in [-0.05, 0) is 89.7 Å². The number of aromatic nitrogens is 2. The monoisotopic (exact) mass is 647 g/mol. The number of anilines is 1. The fourth-order valence-corrected chi connectivity index (χ4v) is 9.91. The molecule has 5 fully saturated rings. The van der Waals surface area contributed by atoms with Crippen molar-refractivity contribution in [2.75, 3.05) is 25.6 Å². The lowest BCUT2D eigenvalue weighted by Crippen LogP contribution is -2.71. The molecule has 3 aliphatic heterocycles. The van der Waals surface area contributed by atoms with Crippen LogP contribution < -0.4 is 10.5 Å². The molecule has 4 heterocycles. The molecule has 1 amide bonds. The van der Waals surface area contributed by atoms with E-state index in [4.69, 9.17) is 14.5 Å². The van der Waals surface area contributed by atoms with Crippen molar-refractivity contribution in [1.29, 1.82) is 0 Å². The van der Waals surface area contributed by atoms with E-state index < -0.39 is 29.7 Å². The van der Waals surface area contributed by atoms with Crippen molar-refractivity contribution < 1.29 is 19.1 Å². The second-order valence-electron chi connectivity index (χ2n) is 16.1. The Hall–Kier alpha value is -3.14. The molecule has 5 aliphatic rings. The molecule has 3 saturated heterocycles. The van der Waals surface area contributed by atoms with E-state index >= 15 is 0 Å². The van der Waals surface area contributed by atoms with E-state index in [1.54, 1.807) is 11.9 Å². The molecule has 2 saturated carbocycles. The summed E-state index contributed by atoms with van der Waals surface area (Å²) < 4.78 is 12.8. The molecule has 0 radical (unpaired) electrons. The minimum Gasteiger partial charge on any atom is -0.467 e. The van der Waals surface area contributed by atoms with Crippen LogP contribution in [0.15, 0.2) is 29.1 Å². The fraction of sp³-hybridized carbons (Fsp3) is 0.730. The third-order valence-electron chi connectivity index (χ3n) is 11.9. The third kappa shape index (κ3) is 6.15. The maximum Gasteiger partial charge on any atom is 0.410 e. The number of methoxy groups -OCH3 is 1. The predicted octanol–water partition coefficient (Wildman–Crippen LogP) is 5.91. The average Bonchev–Trinajstić information content (AvgIpc) is 3.18. The average molecular weight is 648 g/mol. The van der Waals surface area contributed by atoms with Crippen LogP contribution in [-0.2, 0) is 14.3 Å². The number of carbonyl (C=O) groups excluding carboxylic acids is 2. The Labute approximate surface area is 278 Å². The number of carbonyl (C=O) groups is 2. The fourth-order valence-electron chi connectivity index (χ4n) is 9.91. The van der Waals surface area contributed by atoms with Gasteiger partial charge in [0.2, 0.25) is 0 Å². The number of benzene rings is 1. The second-order valence-corrected chi connectivity index (χ2v) is 16.1. The molecule has 1 aromatic heterocycles. The number of likely N-dealkylation sites (N-methyl/N-ethyl adjacent to an activating group) is 1. The normalized spacial score (nSPS) is 32.7. The summed E-state index contributed by atoms with van der Waals surface area (Å²) in [5, 5.41) is 0. The van der Waals surface area contributed by atoms with Gasteiger partial charge in [-0.1, -0.05) is 44.2 Å². The minimum absolute atomic E-state index is 0.0599. The topological polar surface area (TPSA) is 97.2 Å². The zero-order valence-corrected chi connectivity index (χ0v) is 28.9. The molecule has 1 aromatic carbocycles. The number of hydrogen-bond donors (Lipinski definition) is 0. The number of rotatable bonds is 5. The zero-order valence-electron chi connectivity index (χ0n) is 28.9. The Bertz CT molecular complexity index is 1520. The summed E-state index contributed by atoms with van der Waals surface area (Å²) in [4.78, 5) is 51.7. The van der Waals surface area contributed by atoms with E-state index in [1.807, 2.05) is 49.6 Å². The number of ether oxygens (including phenoxy) is 2. The quantitative estimate of drug-likeness (QED) is 0.370. The van der Waals surface area contributed by atoms with Crippen molar-refractivity contribution in [1.82, 2.24) is 19.4 Å². The maximum absolute atomic E-state index is 14.6. The van der Waals surface area contributed by atoms with Gasteiger partial charge in [0.1, 0.15) is 5.60 Å². The summed E-state index contributed by atoms with van der Waals surface area (Å²) >= 11 is 0. The molecule has 0 N–H and O–H groups in total. The molecule has 4 bridgehead atoms. The summed E-state index contributed by atoms with van der Waals surface area (Å²) in [7, 11) is 2.97. The first-order valence-corrected chi connectivity index (χ1v) is 18.1. The van der Waals surface area contributed by atoms with Crippen LogP contribution in [-0.4, -0.2) is 87.9 Å². The molecule has 10 nitrogen and oxygen atoms in total. The van der Waals surface area contributed by atoms with Gasteiger partial charge < -0.3 is 23.8 Å². The molecule has 2 aromatic rings. The van der Waals surface area contributed by atoms with Crippen LogP contribution in [0.5, 0.6) is 0 Å². The summed E-state index contributed by atoms with van der Waals surface area (Å²) in [6.07, 6.45) is 14.8. The van der Waals surface area contributed by atoms with Crippen molar-refractivity contribution in [2.45, 2.75) is 140 Å². The van der Waals surface area contributed by atoms with Crippen molar-refractivity contribution in [2.24, 2.45) is 11.8 Å². The molecule has 7 rings (SSSR count). The number of fused-ring (bicyclic) bond motifs is 5. The Morgan fingerprint density at radius 3 is 2.17 bits per heavy atom. The van der Waals surface area contributed by atoms with Crippen LogP contribution >= 0.6 is 0 Å². The van der Waals surface area contributed by atoms with Gasteiger partial charge in [-0.15, -0.1) is 0 Å². The molecule has 3 unspecified atom stereocenters. The Morgan fingerprint density at radius 2 is 1.53 bits per heavy atom. The van der Waals surface area contributed by atoms with Crippen LogP contribution in [0.2, 0.25) is 0 Å². The van der Waals surface area contributed by atoms with Crippen molar-refractivity contribution >= 4 is 28.9 Å². The molecule has 2 aliphatic carbocycles. The lowest BCUT2D eigenvalue weighted by molar-refractivity contribution is -0.145. The van der Waals surface area contributed by atoms with E-state index in [-0.39, 0.29) is 24.0 Å². The van der Waals surface area contributed by atoms with Crippen LogP contribution in [0.3, 0.4) is 0 Å². The number of amides is 1. The van der Waals surface area contributed by atoms with E-state index in [1.165, 1.54) is 76.2 Å². The van der Waals surface area contributed by atoms with Gasteiger partial charge in [-0.3, -0.25) is 9.69 Å². The van der Waals surface area contributed by atoms with Gasteiger partial charge in [0.05, 0.1) is 24.2 Å².